The Bertz CT molecular complexity index is 534. The molecule has 0 saturated heterocycles. The summed E-state index contributed by atoms with van der Waals surface area (Å²) < 4.78 is 19.0. The van der Waals surface area contributed by atoms with Crippen LogP contribution in [0.2, 0.25) is 0 Å². The Labute approximate surface area is 124 Å². The minimum atomic E-state index is -0.573. The highest BCUT2D eigenvalue weighted by Gasteiger charge is 2.16. The molecule has 0 saturated carbocycles. The molecule has 0 fully saturated rings. The average molecular weight is 293 g/mol. The van der Waals surface area contributed by atoms with E-state index in [0.29, 0.717) is 31.7 Å². The van der Waals surface area contributed by atoms with E-state index in [1.807, 2.05) is 6.92 Å². The smallest absolute Gasteiger partial charge is 0.256 e. The third-order valence-corrected chi connectivity index (χ3v) is 2.79. The molecule has 0 aliphatic heterocycles. The first-order valence-electron chi connectivity index (χ1n) is 6.82. The monoisotopic (exact) mass is 293 g/mol. The third kappa shape index (κ3) is 5.54. The first-order chi connectivity index (χ1) is 10.1. The Morgan fingerprint density at radius 2 is 2.24 bits per heavy atom. The number of ether oxygens (including phenoxy) is 1. The second kappa shape index (κ2) is 9.11. The zero-order valence-electron chi connectivity index (χ0n) is 12.4. The average Bonchev–Trinajstić information content (AvgIpc) is 2.48. The zero-order valence-corrected chi connectivity index (χ0v) is 12.4. The summed E-state index contributed by atoms with van der Waals surface area (Å²) >= 11 is 0. The summed E-state index contributed by atoms with van der Waals surface area (Å²) in [6.07, 6.45) is 0.342. The number of hydrogen-bond donors (Lipinski definition) is 1. The lowest BCUT2D eigenvalue weighted by Gasteiger charge is -2.17. The molecule has 0 unspecified atom stereocenters. The second-order valence-corrected chi connectivity index (χ2v) is 4.39. The Morgan fingerprint density at radius 1 is 1.48 bits per heavy atom. The molecular weight excluding hydrogens is 273 g/mol. The van der Waals surface area contributed by atoms with Crippen molar-refractivity contribution in [3.8, 4) is 11.8 Å². The molecule has 1 rings (SSSR count). The van der Waals surface area contributed by atoms with Gasteiger partial charge in [-0.3, -0.25) is 4.79 Å². The Morgan fingerprint density at radius 3 is 2.90 bits per heavy atom. The van der Waals surface area contributed by atoms with Gasteiger partial charge in [-0.05, 0) is 25.1 Å². The lowest BCUT2D eigenvalue weighted by Crippen LogP contribution is -2.30. The number of rotatable bonds is 6. The van der Waals surface area contributed by atoms with Crippen LogP contribution in [0.15, 0.2) is 18.2 Å². The van der Waals surface area contributed by atoms with Gasteiger partial charge in [-0.2, -0.15) is 0 Å². The van der Waals surface area contributed by atoms with Gasteiger partial charge in [0.2, 0.25) is 0 Å². The number of aliphatic hydroxyl groups excluding tert-OH is 1. The van der Waals surface area contributed by atoms with Gasteiger partial charge < -0.3 is 14.7 Å². The number of carbonyl (C=O) groups excluding carboxylic acids is 1. The fraction of sp³-hybridized carbons (Fsp3) is 0.438. The molecule has 0 atom stereocenters. The van der Waals surface area contributed by atoms with Crippen molar-refractivity contribution in [2.75, 3.05) is 33.4 Å². The van der Waals surface area contributed by atoms with Gasteiger partial charge in [0, 0.05) is 32.2 Å². The van der Waals surface area contributed by atoms with Crippen molar-refractivity contribution in [1.29, 1.82) is 0 Å². The standard InChI is InChI=1S/C16H20FNO3/c1-3-21-11-9-18(2)16(20)14-12-13(6-4-5-10-19)7-8-15(14)17/h7-8,12,19H,3,5,9-11H2,1-2H3. The number of aliphatic hydroxyl groups is 1. The number of hydrogen-bond acceptors (Lipinski definition) is 3. The van der Waals surface area contributed by atoms with Gasteiger partial charge in [0.1, 0.15) is 5.82 Å². The maximum Gasteiger partial charge on any atom is 0.256 e. The van der Waals surface area contributed by atoms with Crippen LogP contribution in [0.3, 0.4) is 0 Å². The minimum absolute atomic E-state index is 0.00945. The topological polar surface area (TPSA) is 49.8 Å². The van der Waals surface area contributed by atoms with Gasteiger partial charge in [-0.1, -0.05) is 11.8 Å². The maximum absolute atomic E-state index is 13.8. The van der Waals surface area contributed by atoms with Crippen LogP contribution in [-0.4, -0.2) is 49.3 Å². The molecule has 1 aromatic carbocycles. The fourth-order valence-corrected chi connectivity index (χ4v) is 1.64. The quantitative estimate of drug-likeness (QED) is 0.641. The van der Waals surface area contributed by atoms with E-state index in [0.717, 1.165) is 0 Å². The first-order valence-corrected chi connectivity index (χ1v) is 6.82. The van der Waals surface area contributed by atoms with Crippen molar-refractivity contribution in [3.05, 3.63) is 35.1 Å². The summed E-state index contributed by atoms with van der Waals surface area (Å²) in [5.41, 5.74) is 0.538. The van der Waals surface area contributed by atoms with Crippen molar-refractivity contribution < 1.29 is 19.0 Å². The van der Waals surface area contributed by atoms with Crippen LogP contribution in [0.5, 0.6) is 0 Å². The highest BCUT2D eigenvalue weighted by molar-refractivity contribution is 5.94. The minimum Gasteiger partial charge on any atom is -0.395 e. The SMILES string of the molecule is CCOCCN(C)C(=O)c1cc(C#CCCO)ccc1F. The Kier molecular flexibility index (Phi) is 7.44. The molecule has 0 radical (unpaired) electrons. The van der Waals surface area contributed by atoms with E-state index in [2.05, 4.69) is 11.8 Å². The first kappa shape index (κ1) is 17.2. The summed E-state index contributed by atoms with van der Waals surface area (Å²) in [7, 11) is 1.60. The second-order valence-electron chi connectivity index (χ2n) is 4.39. The van der Waals surface area contributed by atoms with E-state index in [1.165, 1.54) is 23.1 Å². The number of amides is 1. The molecule has 114 valence electrons. The summed E-state index contributed by atoms with van der Waals surface area (Å²) in [5, 5.41) is 8.67. The summed E-state index contributed by atoms with van der Waals surface area (Å²) in [6, 6.07) is 4.17. The lowest BCUT2D eigenvalue weighted by molar-refractivity contribution is 0.0705. The van der Waals surface area contributed by atoms with Crippen LogP contribution in [0.4, 0.5) is 4.39 Å². The highest BCUT2D eigenvalue weighted by Crippen LogP contribution is 2.12. The van der Waals surface area contributed by atoms with E-state index in [4.69, 9.17) is 9.84 Å². The van der Waals surface area contributed by atoms with E-state index >= 15 is 0 Å². The van der Waals surface area contributed by atoms with Crippen molar-refractivity contribution >= 4 is 5.91 Å². The molecule has 1 N–H and O–H groups in total. The van der Waals surface area contributed by atoms with Crippen LogP contribution in [0.25, 0.3) is 0 Å². The van der Waals surface area contributed by atoms with Gasteiger partial charge in [-0.15, -0.1) is 0 Å². The predicted molar refractivity (Wildman–Crippen MR) is 78.4 cm³/mol. The predicted octanol–water partition coefficient (Wildman–Crippen LogP) is 1.67. The largest absolute Gasteiger partial charge is 0.395 e. The zero-order chi connectivity index (χ0) is 15.7. The van der Waals surface area contributed by atoms with Crippen LogP contribution in [0, 0.1) is 17.7 Å². The number of benzene rings is 1. The van der Waals surface area contributed by atoms with Crippen LogP contribution < -0.4 is 0 Å². The summed E-state index contributed by atoms with van der Waals surface area (Å²) in [6.45, 7) is 3.23. The number of carbonyl (C=O) groups is 1. The van der Waals surface area contributed by atoms with Crippen LogP contribution in [-0.2, 0) is 4.74 Å². The molecule has 1 aromatic rings. The molecule has 0 bridgehead atoms. The fourth-order valence-electron chi connectivity index (χ4n) is 1.64. The number of halogens is 1. The van der Waals surface area contributed by atoms with Crippen LogP contribution in [0.1, 0.15) is 29.3 Å². The Hall–Kier alpha value is -1.90. The van der Waals surface area contributed by atoms with Gasteiger partial charge in [0.15, 0.2) is 0 Å². The molecule has 4 nitrogen and oxygen atoms in total. The summed E-state index contributed by atoms with van der Waals surface area (Å²) in [5.74, 6) is 4.55. The molecule has 21 heavy (non-hydrogen) atoms. The molecule has 0 spiro atoms. The van der Waals surface area contributed by atoms with Crippen molar-refractivity contribution in [2.24, 2.45) is 0 Å². The number of nitrogens with zero attached hydrogens (tertiary/aromatic N) is 1. The molecule has 1 amide bonds. The van der Waals surface area contributed by atoms with Crippen molar-refractivity contribution in [2.45, 2.75) is 13.3 Å². The molecule has 0 aliphatic rings. The normalized spacial score (nSPS) is 9.90. The van der Waals surface area contributed by atoms with E-state index in [-0.39, 0.29) is 12.2 Å². The van der Waals surface area contributed by atoms with E-state index in [1.54, 1.807) is 7.05 Å². The van der Waals surface area contributed by atoms with Crippen molar-refractivity contribution in [3.63, 3.8) is 0 Å². The van der Waals surface area contributed by atoms with E-state index < -0.39 is 11.7 Å². The van der Waals surface area contributed by atoms with Gasteiger partial charge >= 0.3 is 0 Å². The number of likely N-dealkylation sites (N-methyl/N-ethyl adjacent to an activating group) is 1. The molecular formula is C16H20FNO3. The van der Waals surface area contributed by atoms with E-state index in [9.17, 15) is 9.18 Å². The van der Waals surface area contributed by atoms with Gasteiger partial charge in [0.05, 0.1) is 18.8 Å². The molecule has 0 aliphatic carbocycles. The third-order valence-electron chi connectivity index (χ3n) is 2.79. The Balaban J connectivity index is 2.83. The van der Waals surface area contributed by atoms with Gasteiger partial charge in [0.25, 0.3) is 5.91 Å². The van der Waals surface area contributed by atoms with Crippen LogP contribution >= 0.6 is 0 Å². The van der Waals surface area contributed by atoms with Crippen molar-refractivity contribution in [1.82, 2.24) is 4.90 Å². The van der Waals surface area contributed by atoms with Gasteiger partial charge in [-0.25, -0.2) is 4.39 Å². The molecule has 0 heterocycles. The molecule has 5 heteroatoms. The highest BCUT2D eigenvalue weighted by atomic mass is 19.1. The lowest BCUT2D eigenvalue weighted by atomic mass is 10.1. The maximum atomic E-state index is 13.8. The molecule has 0 aromatic heterocycles. The summed E-state index contributed by atoms with van der Waals surface area (Å²) in [4.78, 5) is 13.6.